The molecule has 1 N–H and O–H groups in total. The number of rotatable bonds is 8. The van der Waals surface area contributed by atoms with Crippen LogP contribution in [0.3, 0.4) is 0 Å². The number of ether oxygens (including phenoxy) is 2. The Morgan fingerprint density at radius 1 is 1.03 bits per heavy atom. The van der Waals surface area contributed by atoms with Crippen molar-refractivity contribution >= 4 is 38.9 Å². The second-order valence-corrected chi connectivity index (χ2v) is 8.98. The molecule has 12 heteroatoms. The summed E-state index contributed by atoms with van der Waals surface area (Å²) in [7, 11) is -2.28. The Balaban J connectivity index is 1.47. The second-order valence-electron chi connectivity index (χ2n) is 6.46. The molecule has 0 aliphatic carbocycles. The molecule has 0 aliphatic heterocycles. The van der Waals surface area contributed by atoms with Gasteiger partial charge >= 0.3 is 0 Å². The molecule has 0 aliphatic rings. The monoisotopic (exact) mass is 493 g/mol. The van der Waals surface area contributed by atoms with Gasteiger partial charge in [-0.3, -0.25) is 0 Å². The number of halogens is 2. The third-order valence-electron chi connectivity index (χ3n) is 4.44. The minimum Gasteiger partial charge on any atom is -0.496 e. The summed E-state index contributed by atoms with van der Waals surface area (Å²) in [5, 5.41) is 12.8. The average Bonchev–Trinajstić information content (AvgIpc) is 3.21. The number of hydrogen-bond donors (Lipinski definition) is 1. The summed E-state index contributed by atoms with van der Waals surface area (Å²) >= 11 is 11.9. The van der Waals surface area contributed by atoms with Crippen LogP contribution in [0.25, 0.3) is 17.0 Å². The lowest BCUT2D eigenvalue weighted by Crippen LogP contribution is -2.28. The number of para-hydroxylation sites is 1. The van der Waals surface area contributed by atoms with E-state index in [9.17, 15) is 8.42 Å². The van der Waals surface area contributed by atoms with Gasteiger partial charge in [0.05, 0.1) is 22.7 Å². The number of hydrogen-bond acceptors (Lipinski definition) is 7. The van der Waals surface area contributed by atoms with Crippen LogP contribution >= 0.6 is 23.2 Å². The predicted octanol–water partition coefficient (Wildman–Crippen LogP) is 3.46. The van der Waals surface area contributed by atoms with E-state index in [2.05, 4.69) is 20.0 Å². The lowest BCUT2D eigenvalue weighted by molar-refractivity contribution is 0.306. The number of benzene rings is 2. The molecular weight excluding hydrogens is 477 g/mol. The molecule has 0 radical (unpaired) electrons. The molecular formula is C20H17Cl2N5O4S. The summed E-state index contributed by atoms with van der Waals surface area (Å²) in [6.07, 6.45) is 0. The van der Waals surface area contributed by atoms with Gasteiger partial charge < -0.3 is 9.47 Å². The van der Waals surface area contributed by atoms with Crippen LogP contribution in [0.4, 0.5) is 0 Å². The topological polar surface area (TPSA) is 108 Å². The summed E-state index contributed by atoms with van der Waals surface area (Å²) in [4.78, 5) is -0.0999. The quantitative estimate of drug-likeness (QED) is 0.374. The average molecular weight is 494 g/mol. The van der Waals surface area contributed by atoms with Crippen LogP contribution in [0.2, 0.25) is 10.0 Å². The summed E-state index contributed by atoms with van der Waals surface area (Å²) in [5.74, 6) is 1.39. The first kappa shape index (κ1) is 22.3. The van der Waals surface area contributed by atoms with Crippen LogP contribution in [-0.4, -0.2) is 48.5 Å². The van der Waals surface area contributed by atoms with E-state index in [0.717, 1.165) is 5.56 Å². The normalized spacial score (nSPS) is 11.6. The van der Waals surface area contributed by atoms with Crippen molar-refractivity contribution in [2.75, 3.05) is 20.3 Å². The summed E-state index contributed by atoms with van der Waals surface area (Å²) in [6.45, 7) is 0.0223. The number of nitrogens with zero attached hydrogens (tertiary/aromatic N) is 4. The van der Waals surface area contributed by atoms with E-state index in [1.165, 1.54) is 22.7 Å². The number of nitrogens with one attached hydrogen (secondary N) is 1. The van der Waals surface area contributed by atoms with E-state index in [0.29, 0.717) is 17.2 Å². The summed E-state index contributed by atoms with van der Waals surface area (Å²) < 4.78 is 39.9. The van der Waals surface area contributed by atoms with Crippen LogP contribution < -0.4 is 14.2 Å². The Labute approximate surface area is 193 Å². The molecule has 0 bridgehead atoms. The third kappa shape index (κ3) is 4.49. The molecule has 0 fully saturated rings. The number of methoxy groups -OCH3 is 1. The van der Waals surface area contributed by atoms with E-state index in [1.54, 1.807) is 19.2 Å². The smallest absolute Gasteiger partial charge is 0.242 e. The van der Waals surface area contributed by atoms with Gasteiger partial charge in [-0.15, -0.1) is 15.3 Å². The largest absolute Gasteiger partial charge is 0.496 e. The van der Waals surface area contributed by atoms with E-state index >= 15 is 0 Å². The van der Waals surface area contributed by atoms with Crippen molar-refractivity contribution < 1.29 is 17.9 Å². The molecule has 4 rings (SSSR count). The van der Waals surface area contributed by atoms with Gasteiger partial charge in [0.25, 0.3) is 0 Å². The fourth-order valence-corrected chi connectivity index (χ4v) is 4.72. The fourth-order valence-electron chi connectivity index (χ4n) is 2.95. The molecule has 0 saturated heterocycles. The van der Waals surface area contributed by atoms with Crippen LogP contribution in [0.1, 0.15) is 0 Å². The van der Waals surface area contributed by atoms with Gasteiger partial charge in [-0.05, 0) is 30.3 Å². The Kier molecular flexibility index (Phi) is 6.47. The highest BCUT2D eigenvalue weighted by Crippen LogP contribution is 2.29. The third-order valence-corrected chi connectivity index (χ3v) is 6.87. The Hall–Kier alpha value is -2.92. The van der Waals surface area contributed by atoms with Gasteiger partial charge in [0.1, 0.15) is 17.3 Å². The number of sulfonamides is 1. The minimum atomic E-state index is -3.85. The van der Waals surface area contributed by atoms with Crippen LogP contribution in [0.5, 0.6) is 11.6 Å². The highest BCUT2D eigenvalue weighted by Gasteiger charge is 2.19. The summed E-state index contributed by atoms with van der Waals surface area (Å²) in [6, 6.07) is 15.1. The molecule has 0 atom stereocenters. The van der Waals surface area contributed by atoms with Gasteiger partial charge in [-0.2, -0.15) is 4.52 Å². The van der Waals surface area contributed by atoms with Crippen molar-refractivity contribution in [3.8, 4) is 23.0 Å². The first-order valence-corrected chi connectivity index (χ1v) is 11.6. The number of aromatic nitrogens is 4. The van der Waals surface area contributed by atoms with Crippen LogP contribution in [-0.2, 0) is 10.0 Å². The molecule has 0 saturated carbocycles. The van der Waals surface area contributed by atoms with Gasteiger partial charge in [0, 0.05) is 12.6 Å². The molecule has 0 unspecified atom stereocenters. The van der Waals surface area contributed by atoms with E-state index in [-0.39, 0.29) is 34.0 Å². The minimum absolute atomic E-state index is 0.00750. The Morgan fingerprint density at radius 3 is 2.66 bits per heavy atom. The van der Waals surface area contributed by atoms with Gasteiger partial charge in [-0.1, -0.05) is 41.4 Å². The maximum atomic E-state index is 12.5. The van der Waals surface area contributed by atoms with Crippen molar-refractivity contribution in [1.29, 1.82) is 0 Å². The SMILES string of the molecule is COc1ccccc1-c1nnc2ccc(OCCNS(=O)(=O)c3cccc(Cl)c3Cl)nn12. The highest BCUT2D eigenvalue weighted by molar-refractivity contribution is 7.89. The van der Waals surface area contributed by atoms with Gasteiger partial charge in [-0.25, -0.2) is 13.1 Å². The molecule has 166 valence electrons. The molecule has 2 heterocycles. The maximum absolute atomic E-state index is 12.5. The van der Waals surface area contributed by atoms with Crippen molar-refractivity contribution in [1.82, 2.24) is 24.5 Å². The molecule has 0 amide bonds. The van der Waals surface area contributed by atoms with Crippen molar-refractivity contribution in [3.63, 3.8) is 0 Å². The second kappa shape index (κ2) is 9.29. The Morgan fingerprint density at radius 2 is 1.84 bits per heavy atom. The molecule has 2 aromatic carbocycles. The van der Waals surface area contributed by atoms with Gasteiger partial charge in [0.2, 0.25) is 15.9 Å². The molecule has 9 nitrogen and oxygen atoms in total. The van der Waals surface area contributed by atoms with Crippen LogP contribution in [0.15, 0.2) is 59.5 Å². The van der Waals surface area contributed by atoms with Crippen molar-refractivity contribution in [3.05, 3.63) is 64.6 Å². The van der Waals surface area contributed by atoms with E-state index in [1.807, 2.05) is 24.3 Å². The molecule has 32 heavy (non-hydrogen) atoms. The zero-order valence-corrected chi connectivity index (χ0v) is 19.0. The van der Waals surface area contributed by atoms with E-state index < -0.39 is 10.0 Å². The van der Waals surface area contributed by atoms with Gasteiger partial charge in [0.15, 0.2) is 11.5 Å². The standard InChI is InChI=1S/C20H17Cl2N5O4S/c1-30-15-7-3-2-5-13(15)20-25-24-17-9-10-18(26-27(17)20)31-12-11-23-32(28,29)16-8-4-6-14(21)19(16)22/h2-10,23H,11-12H2,1H3. The summed E-state index contributed by atoms with van der Waals surface area (Å²) in [5.41, 5.74) is 1.24. The predicted molar refractivity (Wildman–Crippen MR) is 120 cm³/mol. The van der Waals surface area contributed by atoms with Crippen LogP contribution in [0, 0.1) is 0 Å². The zero-order chi connectivity index (χ0) is 22.7. The van der Waals surface area contributed by atoms with Crippen molar-refractivity contribution in [2.24, 2.45) is 0 Å². The molecule has 4 aromatic rings. The lowest BCUT2D eigenvalue weighted by Gasteiger charge is -2.10. The zero-order valence-electron chi connectivity index (χ0n) is 16.7. The molecule has 2 aromatic heterocycles. The Bertz CT molecular complexity index is 1380. The fraction of sp³-hybridized carbons (Fsp3) is 0.150. The highest BCUT2D eigenvalue weighted by atomic mass is 35.5. The van der Waals surface area contributed by atoms with E-state index in [4.69, 9.17) is 32.7 Å². The maximum Gasteiger partial charge on any atom is 0.242 e. The number of fused-ring (bicyclic) bond motifs is 1. The first-order valence-electron chi connectivity index (χ1n) is 9.33. The molecule has 0 spiro atoms. The van der Waals surface area contributed by atoms with Crippen molar-refractivity contribution in [2.45, 2.75) is 4.90 Å². The lowest BCUT2D eigenvalue weighted by atomic mass is 10.2. The first-order chi connectivity index (χ1) is 15.4.